The molecule has 0 unspecified atom stereocenters. The van der Waals surface area contributed by atoms with Crippen LogP contribution in [0.25, 0.3) is 22.6 Å². The van der Waals surface area contributed by atoms with E-state index in [2.05, 4.69) is 25.0 Å². The van der Waals surface area contributed by atoms with Crippen molar-refractivity contribution >= 4 is 6.21 Å². The van der Waals surface area contributed by atoms with Gasteiger partial charge in [0.15, 0.2) is 17.4 Å². The van der Waals surface area contributed by atoms with E-state index in [4.69, 9.17) is 4.52 Å². The van der Waals surface area contributed by atoms with Gasteiger partial charge in [0.1, 0.15) is 17.3 Å². The molecule has 0 spiro atoms. The quantitative estimate of drug-likeness (QED) is 0.300. The SMILES string of the molecule is Fc1cccc(-c2nc3c([nH]2)C=NN(Cc2cc(-c4ccc(OC(F)(F)F)cc4C(F)(F)F)no2)C3)c1F. The Kier molecular flexibility index (Phi) is 6.07. The minimum atomic E-state index is -5.17. The molecular formula is C23H13F8N5O2. The van der Waals surface area contributed by atoms with E-state index in [1.165, 1.54) is 29.4 Å². The molecule has 0 radical (unpaired) electrons. The third-order valence-electron chi connectivity index (χ3n) is 5.40. The molecule has 1 N–H and O–H groups in total. The van der Waals surface area contributed by atoms with E-state index in [0.717, 1.165) is 18.2 Å². The summed E-state index contributed by atoms with van der Waals surface area (Å²) in [6, 6.07) is 6.61. The van der Waals surface area contributed by atoms with Gasteiger partial charge in [-0.25, -0.2) is 13.8 Å². The van der Waals surface area contributed by atoms with Crippen LogP contribution in [0.1, 0.15) is 22.7 Å². The lowest BCUT2D eigenvalue weighted by Crippen LogP contribution is -2.21. The maximum Gasteiger partial charge on any atom is 0.573 e. The van der Waals surface area contributed by atoms with Crippen LogP contribution < -0.4 is 4.74 Å². The molecule has 2 aromatic heterocycles. The topological polar surface area (TPSA) is 79.5 Å². The number of H-pyrrole nitrogens is 1. The molecule has 0 fully saturated rings. The number of hydrogen-bond donors (Lipinski definition) is 1. The second-order valence-electron chi connectivity index (χ2n) is 8.05. The van der Waals surface area contributed by atoms with Crippen LogP contribution >= 0.6 is 0 Å². The van der Waals surface area contributed by atoms with E-state index in [1.807, 2.05) is 0 Å². The number of hydrazone groups is 1. The van der Waals surface area contributed by atoms with Crippen LogP contribution in [0, 0.1) is 11.6 Å². The zero-order valence-corrected chi connectivity index (χ0v) is 18.7. The molecule has 1 aliphatic heterocycles. The van der Waals surface area contributed by atoms with Crippen molar-refractivity contribution in [3.05, 3.63) is 76.8 Å². The minimum absolute atomic E-state index is 0.0594. The third kappa shape index (κ3) is 5.17. The average Bonchev–Trinajstić information content (AvgIpc) is 3.46. The van der Waals surface area contributed by atoms with Crippen LogP contribution in [-0.2, 0) is 19.3 Å². The first kappa shape index (κ1) is 25.2. The number of alkyl halides is 6. The summed E-state index contributed by atoms with van der Waals surface area (Å²) >= 11 is 0. The number of hydrogen-bond acceptors (Lipinski definition) is 6. The van der Waals surface area contributed by atoms with Crippen LogP contribution in [0.5, 0.6) is 5.75 Å². The van der Waals surface area contributed by atoms with Crippen molar-refractivity contribution in [1.29, 1.82) is 0 Å². The number of aromatic nitrogens is 3. The molecule has 15 heteroatoms. The van der Waals surface area contributed by atoms with Crippen LogP contribution in [0.3, 0.4) is 0 Å². The standard InChI is InChI=1S/C23H13F8N5O2/c24-16-3-1-2-14(20(16)25)21-33-18-8-32-36(10-19(18)34-21)9-12-7-17(35-38-12)13-5-4-11(37-23(29,30)31)6-15(13)22(26,27)28/h1-8H,9-10H2,(H,33,34). The summed E-state index contributed by atoms with van der Waals surface area (Å²) in [4.78, 5) is 7.13. The number of rotatable bonds is 5. The average molecular weight is 543 g/mol. The zero-order valence-electron chi connectivity index (χ0n) is 18.7. The number of ether oxygens (including phenoxy) is 1. The number of imidazole rings is 1. The first-order chi connectivity index (χ1) is 17.9. The van der Waals surface area contributed by atoms with Crippen LogP contribution in [-0.4, -0.2) is 32.7 Å². The summed E-state index contributed by atoms with van der Waals surface area (Å²) in [5.74, 6) is -2.97. The van der Waals surface area contributed by atoms with E-state index in [9.17, 15) is 35.1 Å². The molecule has 198 valence electrons. The first-order valence-electron chi connectivity index (χ1n) is 10.6. The Morgan fingerprint density at radius 1 is 1.00 bits per heavy atom. The molecule has 7 nitrogen and oxygen atoms in total. The molecule has 0 atom stereocenters. The summed E-state index contributed by atoms with van der Waals surface area (Å²) in [7, 11) is 0. The molecule has 0 aliphatic carbocycles. The number of aromatic amines is 1. The monoisotopic (exact) mass is 543 g/mol. The Morgan fingerprint density at radius 3 is 2.53 bits per heavy atom. The minimum Gasteiger partial charge on any atom is -0.406 e. The number of fused-ring (bicyclic) bond motifs is 1. The number of halogens is 8. The van der Waals surface area contributed by atoms with Gasteiger partial charge < -0.3 is 14.2 Å². The number of benzene rings is 2. The molecule has 38 heavy (non-hydrogen) atoms. The van der Waals surface area contributed by atoms with Gasteiger partial charge in [-0.05, 0) is 30.3 Å². The molecule has 2 aromatic carbocycles. The fraction of sp³-hybridized carbons (Fsp3) is 0.174. The molecule has 1 aliphatic rings. The van der Waals surface area contributed by atoms with Gasteiger partial charge in [-0.2, -0.15) is 18.3 Å². The molecule has 0 amide bonds. The fourth-order valence-electron chi connectivity index (χ4n) is 3.79. The molecular weight excluding hydrogens is 530 g/mol. The molecule has 0 bridgehead atoms. The Labute approximate surface area is 207 Å². The second kappa shape index (κ2) is 9.15. The Balaban J connectivity index is 1.34. The smallest absolute Gasteiger partial charge is 0.406 e. The van der Waals surface area contributed by atoms with Crippen molar-refractivity contribution in [2.24, 2.45) is 5.10 Å². The van der Waals surface area contributed by atoms with Crippen LogP contribution in [0.2, 0.25) is 0 Å². The Morgan fingerprint density at radius 2 is 1.79 bits per heavy atom. The van der Waals surface area contributed by atoms with E-state index in [0.29, 0.717) is 11.4 Å². The highest BCUT2D eigenvalue weighted by Crippen LogP contribution is 2.40. The zero-order chi connectivity index (χ0) is 27.2. The molecule has 3 heterocycles. The van der Waals surface area contributed by atoms with Gasteiger partial charge in [-0.1, -0.05) is 11.2 Å². The summed E-state index contributed by atoms with van der Waals surface area (Å²) in [5, 5.41) is 9.23. The number of nitrogens with one attached hydrogen (secondary N) is 1. The van der Waals surface area contributed by atoms with Crippen molar-refractivity contribution in [2.45, 2.75) is 25.6 Å². The Bertz CT molecular complexity index is 1520. The number of nitrogens with zero attached hydrogens (tertiary/aromatic N) is 4. The molecule has 4 aromatic rings. The van der Waals surface area contributed by atoms with Gasteiger partial charge >= 0.3 is 12.5 Å². The van der Waals surface area contributed by atoms with Gasteiger partial charge in [-0.15, -0.1) is 13.2 Å². The van der Waals surface area contributed by atoms with E-state index in [1.54, 1.807) is 0 Å². The lowest BCUT2D eigenvalue weighted by Gasteiger charge is -2.19. The van der Waals surface area contributed by atoms with Gasteiger partial charge in [0.2, 0.25) is 0 Å². The molecule has 0 saturated carbocycles. The van der Waals surface area contributed by atoms with Crippen molar-refractivity contribution in [2.75, 3.05) is 0 Å². The van der Waals surface area contributed by atoms with Gasteiger partial charge in [0, 0.05) is 11.6 Å². The highest BCUT2D eigenvalue weighted by Gasteiger charge is 2.37. The van der Waals surface area contributed by atoms with E-state index < -0.39 is 41.0 Å². The van der Waals surface area contributed by atoms with Crippen molar-refractivity contribution in [3.63, 3.8) is 0 Å². The highest BCUT2D eigenvalue weighted by molar-refractivity contribution is 5.80. The molecule has 5 rings (SSSR count). The maximum atomic E-state index is 14.1. The largest absolute Gasteiger partial charge is 0.573 e. The normalized spacial score (nSPS) is 13.6. The first-order valence-corrected chi connectivity index (χ1v) is 10.6. The van der Waals surface area contributed by atoms with Crippen LogP contribution in [0.15, 0.2) is 52.1 Å². The summed E-state index contributed by atoms with van der Waals surface area (Å²) < 4.78 is 114. The lowest BCUT2D eigenvalue weighted by molar-refractivity contribution is -0.274. The predicted octanol–water partition coefficient (Wildman–Crippen LogP) is 6.28. The second-order valence-corrected chi connectivity index (χ2v) is 8.05. The lowest BCUT2D eigenvalue weighted by atomic mass is 10.0. The summed E-state index contributed by atoms with van der Waals surface area (Å²) in [6.45, 7) is 0.0304. The van der Waals surface area contributed by atoms with Crippen molar-refractivity contribution in [1.82, 2.24) is 20.1 Å². The van der Waals surface area contributed by atoms with E-state index >= 15 is 0 Å². The summed E-state index contributed by atoms with van der Waals surface area (Å²) in [5.41, 5.74) is -1.36. The van der Waals surface area contributed by atoms with Gasteiger partial charge in [0.05, 0.1) is 41.8 Å². The predicted molar refractivity (Wildman–Crippen MR) is 114 cm³/mol. The molecule has 0 saturated heterocycles. The van der Waals surface area contributed by atoms with Gasteiger partial charge in [0.25, 0.3) is 0 Å². The van der Waals surface area contributed by atoms with E-state index in [-0.39, 0.29) is 42.0 Å². The summed E-state index contributed by atoms with van der Waals surface area (Å²) in [6.07, 6.45) is -8.79. The van der Waals surface area contributed by atoms with Gasteiger partial charge in [-0.3, -0.25) is 5.01 Å². The highest BCUT2D eigenvalue weighted by atomic mass is 19.4. The Hall–Kier alpha value is -4.43. The third-order valence-corrected chi connectivity index (χ3v) is 5.40. The maximum absolute atomic E-state index is 14.1. The van der Waals surface area contributed by atoms with Crippen molar-refractivity contribution in [3.8, 4) is 28.4 Å². The van der Waals surface area contributed by atoms with Crippen LogP contribution in [0.4, 0.5) is 35.1 Å². The van der Waals surface area contributed by atoms with Crippen molar-refractivity contribution < 1.29 is 44.4 Å². The fourth-order valence-corrected chi connectivity index (χ4v) is 3.79.